The molecule has 10 N–H and O–H groups in total. The number of imidazole rings is 1. The molecule has 13 heteroatoms. The zero-order chi connectivity index (χ0) is 30.6. The van der Waals surface area contributed by atoms with Crippen LogP contribution in [0.1, 0.15) is 50.8 Å². The predicted octanol–water partition coefficient (Wildman–Crippen LogP) is 0.718. The predicted molar refractivity (Wildman–Crippen MR) is 158 cm³/mol. The van der Waals surface area contributed by atoms with Gasteiger partial charge in [-0.3, -0.25) is 14.4 Å². The van der Waals surface area contributed by atoms with Crippen LogP contribution in [-0.4, -0.2) is 74.5 Å². The molecule has 0 saturated carbocycles. The molecule has 1 aromatic carbocycles. The van der Waals surface area contributed by atoms with Gasteiger partial charge in [0.05, 0.1) is 12.4 Å². The fourth-order valence-corrected chi connectivity index (χ4v) is 4.75. The number of benzene rings is 1. The van der Waals surface area contributed by atoms with Crippen molar-refractivity contribution in [3.63, 3.8) is 0 Å². The normalized spacial score (nSPS) is 14.2. The summed E-state index contributed by atoms with van der Waals surface area (Å²) in [5, 5.41) is 18.8. The maximum absolute atomic E-state index is 13.5. The van der Waals surface area contributed by atoms with Crippen LogP contribution < -0.4 is 27.4 Å². The van der Waals surface area contributed by atoms with Crippen molar-refractivity contribution in [2.45, 2.75) is 76.5 Å². The third kappa shape index (κ3) is 9.42. The molecule has 228 valence electrons. The van der Waals surface area contributed by atoms with Crippen molar-refractivity contribution in [2.75, 3.05) is 6.54 Å². The number of hydrogen-bond acceptors (Lipinski definition) is 7. The van der Waals surface area contributed by atoms with E-state index >= 15 is 0 Å². The molecule has 4 atom stereocenters. The number of nitrogens with two attached hydrogens (primary N) is 2. The number of para-hydroxylation sites is 1. The van der Waals surface area contributed by atoms with Crippen LogP contribution in [0.4, 0.5) is 0 Å². The van der Waals surface area contributed by atoms with Gasteiger partial charge in [-0.05, 0) is 49.8 Å². The SMILES string of the molecule is CC(C)CC(N)C(=O)NC(Cc1cnc[nH]1)C(=O)NC(CCCCN)C(=O)NC(Cc1c[nH]c2ccccc12)C(=O)O. The zero-order valence-corrected chi connectivity index (χ0v) is 24.1. The number of rotatable bonds is 17. The minimum Gasteiger partial charge on any atom is -0.480 e. The van der Waals surface area contributed by atoms with E-state index in [-0.39, 0.29) is 25.2 Å². The van der Waals surface area contributed by atoms with Crippen LogP contribution in [0.5, 0.6) is 0 Å². The highest BCUT2D eigenvalue weighted by atomic mass is 16.4. The monoisotopic (exact) mass is 582 g/mol. The van der Waals surface area contributed by atoms with E-state index in [1.165, 1.54) is 12.5 Å². The molecular formula is C29H42N8O5. The molecule has 0 aliphatic rings. The number of amides is 3. The quantitative estimate of drug-likeness (QED) is 0.106. The van der Waals surface area contributed by atoms with Crippen molar-refractivity contribution in [1.29, 1.82) is 0 Å². The van der Waals surface area contributed by atoms with Gasteiger partial charge >= 0.3 is 5.97 Å². The smallest absolute Gasteiger partial charge is 0.326 e. The van der Waals surface area contributed by atoms with Crippen molar-refractivity contribution in [3.05, 3.63) is 54.2 Å². The highest BCUT2D eigenvalue weighted by Gasteiger charge is 2.31. The molecule has 0 saturated heterocycles. The summed E-state index contributed by atoms with van der Waals surface area (Å²) in [6.07, 6.45) is 6.63. The number of H-pyrrole nitrogens is 2. The molecule has 0 fully saturated rings. The lowest BCUT2D eigenvalue weighted by Gasteiger charge is -2.25. The number of carbonyl (C=O) groups excluding carboxylic acids is 3. The first-order valence-electron chi connectivity index (χ1n) is 14.2. The molecule has 0 aliphatic carbocycles. The molecule has 0 radical (unpaired) electrons. The third-order valence-corrected chi connectivity index (χ3v) is 6.97. The maximum Gasteiger partial charge on any atom is 0.326 e. The van der Waals surface area contributed by atoms with E-state index in [1.807, 2.05) is 38.1 Å². The fraction of sp³-hybridized carbons (Fsp3) is 0.483. The van der Waals surface area contributed by atoms with E-state index in [0.29, 0.717) is 31.5 Å². The summed E-state index contributed by atoms with van der Waals surface area (Å²) in [4.78, 5) is 61.9. The summed E-state index contributed by atoms with van der Waals surface area (Å²) < 4.78 is 0. The van der Waals surface area contributed by atoms with Crippen LogP contribution in [-0.2, 0) is 32.0 Å². The molecule has 42 heavy (non-hydrogen) atoms. The van der Waals surface area contributed by atoms with Gasteiger partial charge in [-0.1, -0.05) is 32.0 Å². The molecule has 0 bridgehead atoms. The van der Waals surface area contributed by atoms with Gasteiger partial charge in [0, 0.05) is 41.8 Å². The van der Waals surface area contributed by atoms with Crippen LogP contribution in [0.2, 0.25) is 0 Å². The number of aromatic amines is 2. The van der Waals surface area contributed by atoms with Crippen molar-refractivity contribution in [1.82, 2.24) is 30.9 Å². The van der Waals surface area contributed by atoms with Crippen molar-refractivity contribution in [3.8, 4) is 0 Å². The van der Waals surface area contributed by atoms with Crippen molar-refractivity contribution < 1.29 is 24.3 Å². The van der Waals surface area contributed by atoms with Gasteiger partial charge < -0.3 is 42.5 Å². The lowest BCUT2D eigenvalue weighted by molar-refractivity contribution is -0.142. The molecular weight excluding hydrogens is 540 g/mol. The van der Waals surface area contributed by atoms with E-state index in [1.54, 1.807) is 6.20 Å². The summed E-state index contributed by atoms with van der Waals surface area (Å²) in [5.41, 5.74) is 13.9. The topological polar surface area (TPSA) is 221 Å². The number of nitrogens with one attached hydrogen (secondary N) is 5. The Morgan fingerprint density at radius 2 is 1.62 bits per heavy atom. The number of aliphatic carboxylic acids is 1. The number of hydrogen-bond donors (Lipinski definition) is 8. The minimum absolute atomic E-state index is 0.0425. The molecule has 0 spiro atoms. The summed E-state index contributed by atoms with van der Waals surface area (Å²) in [6, 6.07) is 3.32. The van der Waals surface area contributed by atoms with E-state index in [2.05, 4.69) is 30.9 Å². The van der Waals surface area contributed by atoms with Gasteiger partial charge in [0.2, 0.25) is 17.7 Å². The molecule has 3 rings (SSSR count). The second-order valence-electron chi connectivity index (χ2n) is 10.9. The number of aromatic nitrogens is 3. The molecule has 2 heterocycles. The third-order valence-electron chi connectivity index (χ3n) is 6.97. The zero-order valence-electron chi connectivity index (χ0n) is 24.1. The molecule has 4 unspecified atom stereocenters. The molecule has 0 aliphatic heterocycles. The van der Waals surface area contributed by atoms with Crippen LogP contribution >= 0.6 is 0 Å². The van der Waals surface area contributed by atoms with Gasteiger partial charge in [-0.2, -0.15) is 0 Å². The first kappa shape index (κ1) is 32.3. The average molecular weight is 583 g/mol. The molecule has 3 amide bonds. The van der Waals surface area contributed by atoms with Crippen molar-refractivity contribution in [2.24, 2.45) is 17.4 Å². The number of unbranched alkanes of at least 4 members (excludes halogenated alkanes) is 1. The average Bonchev–Trinajstić information content (AvgIpc) is 3.61. The van der Waals surface area contributed by atoms with Gasteiger partial charge in [-0.15, -0.1) is 0 Å². The number of nitrogens with zero attached hydrogens (tertiary/aromatic N) is 1. The Morgan fingerprint density at radius 1 is 0.929 bits per heavy atom. The highest BCUT2D eigenvalue weighted by molar-refractivity contribution is 5.94. The Bertz CT molecular complexity index is 1320. The maximum atomic E-state index is 13.5. The van der Waals surface area contributed by atoms with Gasteiger partial charge in [-0.25, -0.2) is 9.78 Å². The van der Waals surface area contributed by atoms with Crippen LogP contribution in [0.15, 0.2) is 43.0 Å². The Kier molecular flexibility index (Phi) is 12.1. The van der Waals surface area contributed by atoms with E-state index in [0.717, 1.165) is 16.5 Å². The van der Waals surface area contributed by atoms with Gasteiger partial charge in [0.1, 0.15) is 18.1 Å². The summed E-state index contributed by atoms with van der Waals surface area (Å²) in [5.74, 6) is -2.77. The van der Waals surface area contributed by atoms with Crippen LogP contribution in [0, 0.1) is 5.92 Å². The number of carboxylic acid groups (broad SMARTS) is 1. The summed E-state index contributed by atoms with van der Waals surface area (Å²) in [6.45, 7) is 4.28. The minimum atomic E-state index is -1.24. The standard InChI is InChI=1S/C29H42N8O5/c1-17(2)11-21(31)26(38)36-24(13-19-15-32-16-34-19)28(40)35-23(9-5-6-10-30)27(39)37-25(29(41)42)12-18-14-33-22-8-4-3-7-20(18)22/h3-4,7-8,14-17,21,23-25,33H,5-6,9-13,30-31H2,1-2H3,(H,32,34)(H,35,40)(H,36,38)(H,37,39)(H,41,42). The van der Waals surface area contributed by atoms with Crippen LogP contribution in [0.25, 0.3) is 10.9 Å². The summed E-state index contributed by atoms with van der Waals surface area (Å²) in [7, 11) is 0. The number of fused-ring (bicyclic) bond motifs is 1. The fourth-order valence-electron chi connectivity index (χ4n) is 4.75. The van der Waals surface area contributed by atoms with Gasteiger partial charge in [0.15, 0.2) is 0 Å². The van der Waals surface area contributed by atoms with E-state index in [9.17, 15) is 24.3 Å². The Labute approximate surface area is 244 Å². The molecule has 3 aromatic rings. The number of carboxylic acids is 1. The molecule has 2 aromatic heterocycles. The Morgan fingerprint density at radius 3 is 2.29 bits per heavy atom. The van der Waals surface area contributed by atoms with Crippen molar-refractivity contribution >= 4 is 34.6 Å². The first-order chi connectivity index (χ1) is 20.1. The second-order valence-corrected chi connectivity index (χ2v) is 10.9. The highest BCUT2D eigenvalue weighted by Crippen LogP contribution is 2.19. The lowest BCUT2D eigenvalue weighted by atomic mass is 10.0. The Balaban J connectivity index is 1.76. The Hall–Kier alpha value is -4.23. The van der Waals surface area contributed by atoms with Crippen LogP contribution in [0.3, 0.4) is 0 Å². The van der Waals surface area contributed by atoms with Gasteiger partial charge in [0.25, 0.3) is 0 Å². The van der Waals surface area contributed by atoms with E-state index < -0.39 is 47.9 Å². The second kappa shape index (κ2) is 15.7. The lowest BCUT2D eigenvalue weighted by Crippen LogP contribution is -2.57. The number of carbonyl (C=O) groups is 4. The van der Waals surface area contributed by atoms with E-state index in [4.69, 9.17) is 11.5 Å². The largest absolute Gasteiger partial charge is 0.480 e. The first-order valence-corrected chi connectivity index (χ1v) is 14.2. The molecule has 13 nitrogen and oxygen atoms in total. The summed E-state index contributed by atoms with van der Waals surface area (Å²) >= 11 is 0.